The lowest BCUT2D eigenvalue weighted by Crippen LogP contribution is -2.50. The maximum absolute atomic E-state index is 11.9. The highest BCUT2D eigenvalue weighted by atomic mass is 16.6. The topological polar surface area (TPSA) is 178 Å². The van der Waals surface area contributed by atoms with Gasteiger partial charge in [-0.05, 0) is 0 Å². The highest BCUT2D eigenvalue weighted by Gasteiger charge is 2.38. The molecule has 1 saturated heterocycles. The standard InChI is InChI=1S/C25H44N2O13/c1-33-6-7-35-10-11-37-14-15-39-18-19-40-17-16-38-13-12-36-9-8-34-5-4-22(28)26-20-21(25(31)32)27-23(29)2-3-24(27)30/h21H,2-20H2,1H3,(H,26,28)(H,31,32)/t21-/m0/s1. The van der Waals surface area contributed by atoms with Crippen LogP contribution in [0.5, 0.6) is 0 Å². The average molecular weight is 581 g/mol. The molecule has 0 unspecified atom stereocenters. The summed E-state index contributed by atoms with van der Waals surface area (Å²) < 4.78 is 42.4. The molecule has 0 spiro atoms. The Morgan fingerprint density at radius 3 is 1.38 bits per heavy atom. The number of carbonyl (C=O) groups is 4. The average Bonchev–Trinajstić information content (AvgIpc) is 3.26. The van der Waals surface area contributed by atoms with E-state index in [0.717, 1.165) is 0 Å². The molecule has 0 bridgehead atoms. The van der Waals surface area contributed by atoms with Crippen molar-refractivity contribution in [2.45, 2.75) is 25.3 Å². The van der Waals surface area contributed by atoms with Crippen LogP contribution in [0.25, 0.3) is 0 Å². The van der Waals surface area contributed by atoms with Crippen LogP contribution >= 0.6 is 0 Å². The van der Waals surface area contributed by atoms with Crippen LogP contribution in [-0.4, -0.2) is 152 Å². The van der Waals surface area contributed by atoms with Crippen molar-refractivity contribution in [2.75, 3.05) is 113 Å². The van der Waals surface area contributed by atoms with E-state index in [-0.39, 0.29) is 39.0 Å². The Bertz CT molecular complexity index is 694. The zero-order chi connectivity index (χ0) is 29.3. The highest BCUT2D eigenvalue weighted by Crippen LogP contribution is 2.15. The van der Waals surface area contributed by atoms with Gasteiger partial charge in [0.1, 0.15) is 0 Å². The molecule has 1 aliphatic rings. The number of nitrogens with zero attached hydrogens (tertiary/aromatic N) is 1. The molecule has 3 amide bonds. The summed E-state index contributed by atoms with van der Waals surface area (Å²) in [6.07, 6.45) is -0.0375. The van der Waals surface area contributed by atoms with E-state index < -0.39 is 29.7 Å². The van der Waals surface area contributed by atoms with Gasteiger partial charge in [-0.2, -0.15) is 0 Å². The van der Waals surface area contributed by atoms with Crippen LogP contribution in [0, 0.1) is 0 Å². The Hall–Kier alpha value is -2.24. The van der Waals surface area contributed by atoms with Gasteiger partial charge < -0.3 is 48.3 Å². The maximum atomic E-state index is 11.9. The molecule has 1 rings (SSSR count). The maximum Gasteiger partial charge on any atom is 0.328 e. The first-order chi connectivity index (χ1) is 19.5. The lowest BCUT2D eigenvalue weighted by Gasteiger charge is -2.22. The summed E-state index contributed by atoms with van der Waals surface area (Å²) in [4.78, 5) is 47.5. The van der Waals surface area contributed by atoms with E-state index >= 15 is 0 Å². The van der Waals surface area contributed by atoms with E-state index in [9.17, 15) is 24.3 Å². The predicted molar refractivity (Wildman–Crippen MR) is 138 cm³/mol. The molecular weight excluding hydrogens is 536 g/mol. The van der Waals surface area contributed by atoms with Crippen molar-refractivity contribution in [3.63, 3.8) is 0 Å². The smallest absolute Gasteiger partial charge is 0.328 e. The van der Waals surface area contributed by atoms with Crippen molar-refractivity contribution < 1.29 is 62.2 Å². The fourth-order valence-corrected chi connectivity index (χ4v) is 3.26. The fourth-order valence-electron chi connectivity index (χ4n) is 3.26. The van der Waals surface area contributed by atoms with Gasteiger partial charge in [0.2, 0.25) is 17.7 Å². The van der Waals surface area contributed by atoms with Gasteiger partial charge in [0.25, 0.3) is 0 Å². The SMILES string of the molecule is COCCOCCOCCOCCOCCOCCOCCOCCC(=O)NC[C@@H](C(=O)O)N1C(=O)CCC1=O. The Morgan fingerprint density at radius 2 is 1.02 bits per heavy atom. The zero-order valence-corrected chi connectivity index (χ0v) is 23.3. The Kier molecular flexibility index (Phi) is 22.0. The van der Waals surface area contributed by atoms with Crippen LogP contribution in [0.4, 0.5) is 0 Å². The fraction of sp³-hybridized carbons (Fsp3) is 0.840. The number of carboxylic acid groups (broad SMARTS) is 1. The minimum absolute atomic E-state index is 0.00127. The summed E-state index contributed by atoms with van der Waals surface area (Å²) >= 11 is 0. The molecule has 2 N–H and O–H groups in total. The van der Waals surface area contributed by atoms with Gasteiger partial charge in [-0.25, -0.2) is 4.79 Å². The molecule has 0 aromatic heterocycles. The molecule has 1 fully saturated rings. The Balaban J connectivity index is 1.82. The largest absolute Gasteiger partial charge is 0.480 e. The summed E-state index contributed by atoms with van der Waals surface area (Å²) in [7, 11) is 1.63. The third-order valence-corrected chi connectivity index (χ3v) is 5.32. The van der Waals surface area contributed by atoms with Gasteiger partial charge >= 0.3 is 5.97 Å². The molecule has 0 saturated carbocycles. The zero-order valence-electron chi connectivity index (χ0n) is 23.3. The van der Waals surface area contributed by atoms with Gasteiger partial charge in [0.15, 0.2) is 6.04 Å². The summed E-state index contributed by atoms with van der Waals surface area (Å²) in [6, 6.07) is -1.41. The van der Waals surface area contributed by atoms with E-state index in [1.807, 2.05) is 0 Å². The van der Waals surface area contributed by atoms with E-state index in [2.05, 4.69) is 5.32 Å². The number of ether oxygens (including phenoxy) is 8. The van der Waals surface area contributed by atoms with Crippen LogP contribution < -0.4 is 5.32 Å². The number of methoxy groups -OCH3 is 1. The Labute approximate surface area is 234 Å². The van der Waals surface area contributed by atoms with Crippen LogP contribution in [-0.2, 0) is 57.1 Å². The van der Waals surface area contributed by atoms with Gasteiger partial charge in [-0.15, -0.1) is 0 Å². The number of amides is 3. The van der Waals surface area contributed by atoms with Crippen molar-refractivity contribution in [1.29, 1.82) is 0 Å². The number of carboxylic acids is 1. The number of hydrogen-bond acceptors (Lipinski definition) is 12. The van der Waals surface area contributed by atoms with E-state index in [1.54, 1.807) is 7.11 Å². The summed E-state index contributed by atoms with van der Waals surface area (Å²) in [5, 5.41) is 11.7. The molecule has 1 atom stereocenters. The number of hydrogen-bond donors (Lipinski definition) is 2. The van der Waals surface area contributed by atoms with Gasteiger partial charge in [0, 0.05) is 32.9 Å². The van der Waals surface area contributed by atoms with Crippen LogP contribution in [0.2, 0.25) is 0 Å². The first-order valence-corrected chi connectivity index (χ1v) is 13.3. The minimum Gasteiger partial charge on any atom is -0.480 e. The van der Waals surface area contributed by atoms with Gasteiger partial charge in [0.05, 0.1) is 99.1 Å². The molecule has 0 aromatic carbocycles. The number of rotatable bonds is 28. The third kappa shape index (κ3) is 18.2. The van der Waals surface area contributed by atoms with Crippen LogP contribution in [0.15, 0.2) is 0 Å². The molecule has 0 aromatic rings. The second kappa shape index (κ2) is 24.5. The summed E-state index contributed by atoms with van der Waals surface area (Å²) in [5.74, 6) is -2.90. The number of nitrogens with one attached hydrogen (secondary N) is 1. The number of imide groups is 1. The van der Waals surface area contributed by atoms with Crippen LogP contribution in [0.1, 0.15) is 19.3 Å². The number of aliphatic carboxylic acids is 1. The first kappa shape index (κ1) is 35.8. The van der Waals surface area contributed by atoms with Crippen molar-refractivity contribution in [1.82, 2.24) is 10.2 Å². The van der Waals surface area contributed by atoms with Gasteiger partial charge in [-0.1, -0.05) is 0 Å². The minimum atomic E-state index is -1.41. The number of likely N-dealkylation sites (tertiary alicyclic amines) is 1. The van der Waals surface area contributed by atoms with Crippen molar-refractivity contribution in [2.24, 2.45) is 0 Å². The molecule has 1 aliphatic heterocycles. The summed E-state index contributed by atoms with van der Waals surface area (Å²) in [6.45, 7) is 6.14. The lowest BCUT2D eigenvalue weighted by molar-refractivity contribution is -0.154. The second-order valence-corrected chi connectivity index (χ2v) is 8.34. The monoisotopic (exact) mass is 580 g/mol. The van der Waals surface area contributed by atoms with Gasteiger partial charge in [-0.3, -0.25) is 19.3 Å². The normalized spacial score (nSPS) is 14.2. The molecule has 15 heteroatoms. The van der Waals surface area contributed by atoms with Crippen molar-refractivity contribution >= 4 is 23.7 Å². The first-order valence-electron chi connectivity index (χ1n) is 13.3. The Morgan fingerprint density at radius 1 is 0.675 bits per heavy atom. The number of carbonyl (C=O) groups excluding carboxylic acids is 3. The van der Waals surface area contributed by atoms with E-state index in [4.69, 9.17) is 37.9 Å². The molecule has 0 radical (unpaired) electrons. The molecule has 15 nitrogen and oxygen atoms in total. The van der Waals surface area contributed by atoms with Crippen molar-refractivity contribution in [3.8, 4) is 0 Å². The van der Waals surface area contributed by atoms with Crippen LogP contribution in [0.3, 0.4) is 0 Å². The van der Waals surface area contributed by atoms with Crippen molar-refractivity contribution in [3.05, 3.63) is 0 Å². The second-order valence-electron chi connectivity index (χ2n) is 8.34. The molecule has 232 valence electrons. The van der Waals surface area contributed by atoms with E-state index in [1.165, 1.54) is 0 Å². The quantitative estimate of drug-likeness (QED) is 0.0839. The predicted octanol–water partition coefficient (Wildman–Crippen LogP) is -1.14. The molecule has 40 heavy (non-hydrogen) atoms. The molecular formula is C25H44N2O13. The molecule has 0 aliphatic carbocycles. The lowest BCUT2D eigenvalue weighted by atomic mass is 10.2. The van der Waals surface area contributed by atoms with E-state index in [0.29, 0.717) is 90.8 Å². The summed E-state index contributed by atoms with van der Waals surface area (Å²) in [5.41, 5.74) is 0. The highest BCUT2D eigenvalue weighted by molar-refractivity contribution is 6.05. The molecule has 1 heterocycles. The third-order valence-electron chi connectivity index (χ3n) is 5.32.